The molecular formula is C23H27ClN2O4. The molecule has 0 fully saturated rings. The summed E-state index contributed by atoms with van der Waals surface area (Å²) in [7, 11) is 1.53. The molecule has 2 N–H and O–H groups in total. The lowest BCUT2D eigenvalue weighted by molar-refractivity contribution is -0.121. The molecule has 30 heavy (non-hydrogen) atoms. The molecule has 0 unspecified atom stereocenters. The van der Waals surface area contributed by atoms with Crippen molar-refractivity contribution in [2.24, 2.45) is 0 Å². The van der Waals surface area contributed by atoms with Crippen LogP contribution >= 0.6 is 11.6 Å². The van der Waals surface area contributed by atoms with Crippen LogP contribution in [0.5, 0.6) is 11.5 Å². The zero-order valence-corrected chi connectivity index (χ0v) is 18.4. The number of anilines is 1. The largest absolute Gasteiger partial charge is 0.493 e. The van der Waals surface area contributed by atoms with Gasteiger partial charge in [0.25, 0.3) is 0 Å². The van der Waals surface area contributed by atoms with Crippen molar-refractivity contribution in [2.75, 3.05) is 25.6 Å². The molecule has 0 aliphatic carbocycles. The van der Waals surface area contributed by atoms with Crippen LogP contribution in [0.25, 0.3) is 6.08 Å². The maximum atomic E-state index is 12.1. The van der Waals surface area contributed by atoms with Gasteiger partial charge < -0.3 is 20.1 Å². The fourth-order valence-corrected chi connectivity index (χ4v) is 3.05. The lowest BCUT2D eigenvalue weighted by Gasteiger charge is -2.12. The molecule has 0 aliphatic rings. The lowest BCUT2D eigenvalue weighted by atomic mass is 10.1. The SMILES string of the molecule is CCCOc1c(Cl)cc(/C=C/C(=O)NCC(=O)Nc2c(C)cccc2C)cc1OC. The van der Waals surface area contributed by atoms with Crippen LogP contribution in [0.15, 0.2) is 36.4 Å². The van der Waals surface area contributed by atoms with Gasteiger partial charge in [-0.2, -0.15) is 0 Å². The maximum Gasteiger partial charge on any atom is 0.244 e. The summed E-state index contributed by atoms with van der Waals surface area (Å²) in [5.74, 6) is 0.277. The van der Waals surface area contributed by atoms with Crippen molar-refractivity contribution in [3.05, 3.63) is 58.1 Å². The minimum absolute atomic E-state index is 0.134. The molecule has 160 valence electrons. The summed E-state index contributed by atoms with van der Waals surface area (Å²) >= 11 is 6.28. The Bertz CT molecular complexity index is 921. The van der Waals surface area contributed by atoms with Crippen molar-refractivity contribution in [3.63, 3.8) is 0 Å². The first-order chi connectivity index (χ1) is 14.3. The topological polar surface area (TPSA) is 76.7 Å². The highest BCUT2D eigenvalue weighted by Gasteiger charge is 2.11. The van der Waals surface area contributed by atoms with E-state index in [1.807, 2.05) is 39.0 Å². The van der Waals surface area contributed by atoms with Gasteiger partial charge in [0, 0.05) is 11.8 Å². The van der Waals surface area contributed by atoms with Crippen LogP contribution in [0.1, 0.15) is 30.0 Å². The third kappa shape index (κ3) is 6.52. The number of ether oxygens (including phenoxy) is 2. The first kappa shape index (κ1) is 23.3. The predicted molar refractivity (Wildman–Crippen MR) is 120 cm³/mol. The molecule has 0 atom stereocenters. The summed E-state index contributed by atoms with van der Waals surface area (Å²) in [6.07, 6.45) is 3.78. The minimum atomic E-state index is -0.395. The Hall–Kier alpha value is -2.99. The van der Waals surface area contributed by atoms with Crippen LogP contribution < -0.4 is 20.1 Å². The number of nitrogens with one attached hydrogen (secondary N) is 2. The highest BCUT2D eigenvalue weighted by atomic mass is 35.5. The average Bonchev–Trinajstić information content (AvgIpc) is 2.72. The number of benzene rings is 2. The number of aryl methyl sites for hydroxylation is 2. The monoisotopic (exact) mass is 430 g/mol. The normalized spacial score (nSPS) is 10.7. The summed E-state index contributed by atoms with van der Waals surface area (Å²) in [6.45, 7) is 6.23. The molecule has 0 aromatic heterocycles. The van der Waals surface area contributed by atoms with E-state index < -0.39 is 5.91 Å². The van der Waals surface area contributed by atoms with Crippen molar-refractivity contribution in [2.45, 2.75) is 27.2 Å². The smallest absolute Gasteiger partial charge is 0.244 e. The van der Waals surface area contributed by atoms with Gasteiger partial charge >= 0.3 is 0 Å². The van der Waals surface area contributed by atoms with Gasteiger partial charge in [0.1, 0.15) is 0 Å². The van der Waals surface area contributed by atoms with Crippen LogP contribution in [-0.4, -0.2) is 32.1 Å². The molecule has 2 aromatic rings. The molecular weight excluding hydrogens is 404 g/mol. The number of hydrogen-bond donors (Lipinski definition) is 2. The molecule has 2 rings (SSSR count). The van der Waals surface area contributed by atoms with Gasteiger partial charge in [0.05, 0.1) is 25.3 Å². The van der Waals surface area contributed by atoms with E-state index in [9.17, 15) is 9.59 Å². The third-order valence-corrected chi connectivity index (χ3v) is 4.58. The molecule has 0 spiro atoms. The van der Waals surface area contributed by atoms with Crippen LogP contribution in [0.4, 0.5) is 5.69 Å². The molecule has 0 aliphatic heterocycles. The van der Waals surface area contributed by atoms with Gasteiger partial charge in [-0.1, -0.05) is 36.7 Å². The second-order valence-electron chi connectivity index (χ2n) is 6.75. The van der Waals surface area contributed by atoms with E-state index >= 15 is 0 Å². The lowest BCUT2D eigenvalue weighted by Crippen LogP contribution is -2.32. The summed E-state index contributed by atoms with van der Waals surface area (Å²) < 4.78 is 10.9. The molecule has 0 saturated heterocycles. The molecule has 0 heterocycles. The predicted octanol–water partition coefficient (Wildman–Crippen LogP) is 4.52. The molecule has 2 aromatic carbocycles. The Morgan fingerprint density at radius 3 is 2.50 bits per heavy atom. The van der Waals surface area contributed by atoms with Crippen molar-refractivity contribution in [3.8, 4) is 11.5 Å². The van der Waals surface area contributed by atoms with Crippen LogP contribution in [-0.2, 0) is 9.59 Å². The first-order valence-electron chi connectivity index (χ1n) is 9.68. The Morgan fingerprint density at radius 2 is 1.87 bits per heavy atom. The summed E-state index contributed by atoms with van der Waals surface area (Å²) in [5.41, 5.74) is 3.37. The van der Waals surface area contributed by atoms with E-state index in [-0.39, 0.29) is 12.5 Å². The van der Waals surface area contributed by atoms with Gasteiger partial charge in [0.2, 0.25) is 11.8 Å². The molecule has 0 saturated carbocycles. The third-order valence-electron chi connectivity index (χ3n) is 4.30. The Balaban J connectivity index is 1.96. The van der Waals surface area contributed by atoms with Crippen molar-refractivity contribution < 1.29 is 19.1 Å². The van der Waals surface area contributed by atoms with Crippen LogP contribution in [0.3, 0.4) is 0 Å². The Morgan fingerprint density at radius 1 is 1.17 bits per heavy atom. The zero-order valence-electron chi connectivity index (χ0n) is 17.7. The van der Waals surface area contributed by atoms with E-state index in [4.69, 9.17) is 21.1 Å². The highest BCUT2D eigenvalue weighted by Crippen LogP contribution is 2.36. The minimum Gasteiger partial charge on any atom is -0.493 e. The summed E-state index contributed by atoms with van der Waals surface area (Å²) in [4.78, 5) is 24.2. The number of rotatable bonds is 9. The molecule has 0 bridgehead atoms. The van der Waals surface area contributed by atoms with E-state index in [2.05, 4.69) is 10.6 Å². The standard InChI is InChI=1S/C23H27ClN2O4/c1-5-11-30-23-18(24)12-17(13-19(23)29-4)9-10-20(27)25-14-21(28)26-22-15(2)7-6-8-16(22)3/h6-10,12-13H,5,11,14H2,1-4H3,(H,25,27)(H,26,28)/b10-9+. The molecule has 0 radical (unpaired) electrons. The van der Waals surface area contributed by atoms with E-state index in [1.54, 1.807) is 18.2 Å². The van der Waals surface area contributed by atoms with Crippen molar-refractivity contribution in [1.29, 1.82) is 0 Å². The van der Waals surface area contributed by atoms with Gasteiger partial charge in [-0.15, -0.1) is 0 Å². The maximum absolute atomic E-state index is 12.1. The molecule has 2 amide bonds. The number of methoxy groups -OCH3 is 1. The average molecular weight is 431 g/mol. The van der Waals surface area contributed by atoms with Crippen molar-refractivity contribution >= 4 is 35.2 Å². The zero-order chi connectivity index (χ0) is 22.1. The fourth-order valence-electron chi connectivity index (χ4n) is 2.77. The second-order valence-corrected chi connectivity index (χ2v) is 7.16. The van der Waals surface area contributed by atoms with E-state index in [0.29, 0.717) is 28.7 Å². The van der Waals surface area contributed by atoms with Crippen LogP contribution in [0, 0.1) is 13.8 Å². The number of carbonyl (C=O) groups is 2. The molecule has 6 nitrogen and oxygen atoms in total. The Labute approximate surface area is 182 Å². The number of para-hydroxylation sites is 1. The quantitative estimate of drug-likeness (QED) is 0.573. The summed E-state index contributed by atoms with van der Waals surface area (Å²) in [6, 6.07) is 9.18. The molecule has 7 heteroatoms. The van der Waals surface area contributed by atoms with Gasteiger partial charge in [-0.25, -0.2) is 0 Å². The number of halogens is 1. The fraction of sp³-hybridized carbons (Fsp3) is 0.304. The number of carbonyl (C=O) groups excluding carboxylic acids is 2. The van der Waals surface area contributed by atoms with Crippen molar-refractivity contribution in [1.82, 2.24) is 5.32 Å². The van der Waals surface area contributed by atoms with E-state index in [1.165, 1.54) is 13.2 Å². The van der Waals surface area contributed by atoms with Gasteiger partial charge in [-0.3, -0.25) is 9.59 Å². The first-order valence-corrected chi connectivity index (χ1v) is 10.1. The van der Waals surface area contributed by atoms with Gasteiger partial charge in [-0.05, 0) is 55.2 Å². The van der Waals surface area contributed by atoms with Gasteiger partial charge in [0.15, 0.2) is 11.5 Å². The number of amides is 2. The second kappa shape index (κ2) is 11.3. The van der Waals surface area contributed by atoms with E-state index in [0.717, 1.165) is 23.2 Å². The highest BCUT2D eigenvalue weighted by molar-refractivity contribution is 6.32. The summed E-state index contributed by atoms with van der Waals surface area (Å²) in [5, 5.41) is 5.79. The number of hydrogen-bond acceptors (Lipinski definition) is 4. The van der Waals surface area contributed by atoms with Crippen LogP contribution in [0.2, 0.25) is 5.02 Å². The Kier molecular flexibility index (Phi) is 8.74.